The number of benzene rings is 2. The van der Waals surface area contributed by atoms with Crippen molar-refractivity contribution in [1.29, 1.82) is 0 Å². The summed E-state index contributed by atoms with van der Waals surface area (Å²) in [5, 5.41) is 2.82. The summed E-state index contributed by atoms with van der Waals surface area (Å²) in [4.78, 5) is 25.9. The maximum atomic E-state index is 13.9. The lowest BCUT2D eigenvalue weighted by molar-refractivity contribution is -0.129. The Bertz CT molecular complexity index is 1010. The Balaban J connectivity index is 1.73. The summed E-state index contributed by atoms with van der Waals surface area (Å²) in [6, 6.07) is 12.5. The van der Waals surface area contributed by atoms with E-state index in [-0.39, 0.29) is 5.91 Å². The number of carbonyl (C=O) groups is 2. The molecule has 0 aromatic heterocycles. The third-order valence-electron chi connectivity index (χ3n) is 4.94. The van der Waals surface area contributed by atoms with Gasteiger partial charge in [0.15, 0.2) is 0 Å². The molecular weight excluding hydrogens is 409 g/mol. The van der Waals surface area contributed by atoms with Gasteiger partial charge >= 0.3 is 0 Å². The van der Waals surface area contributed by atoms with Crippen LogP contribution in [0.1, 0.15) is 31.4 Å². The number of hydrogen-bond donors (Lipinski definition) is 2. The molecule has 3 rings (SSSR count). The first kappa shape index (κ1) is 21.9. The highest BCUT2D eigenvalue weighted by molar-refractivity contribution is 7.89. The van der Waals surface area contributed by atoms with Gasteiger partial charge in [0.1, 0.15) is 10.7 Å². The van der Waals surface area contributed by atoms with Crippen LogP contribution in [0.2, 0.25) is 0 Å². The fourth-order valence-electron chi connectivity index (χ4n) is 3.35. The number of rotatable bonds is 8. The molecule has 0 saturated carbocycles. The number of halogens is 1. The lowest BCUT2D eigenvalue weighted by Gasteiger charge is -2.26. The summed E-state index contributed by atoms with van der Waals surface area (Å²) in [7, 11) is -4.22. The smallest absolute Gasteiger partial charge is 0.244 e. The van der Waals surface area contributed by atoms with E-state index in [0.717, 1.165) is 24.1 Å². The van der Waals surface area contributed by atoms with Gasteiger partial charge in [-0.2, -0.15) is 4.72 Å². The Morgan fingerprint density at radius 1 is 1.13 bits per heavy atom. The molecule has 0 spiro atoms. The van der Waals surface area contributed by atoms with Crippen LogP contribution in [0.3, 0.4) is 0 Å². The maximum Gasteiger partial charge on any atom is 0.244 e. The van der Waals surface area contributed by atoms with Crippen LogP contribution < -0.4 is 10.0 Å². The summed E-state index contributed by atoms with van der Waals surface area (Å²) in [5.74, 6) is -1.44. The van der Waals surface area contributed by atoms with E-state index in [1.165, 1.54) is 19.1 Å². The molecule has 9 heteroatoms. The number of hydrogen-bond acceptors (Lipinski definition) is 4. The minimum atomic E-state index is -4.22. The van der Waals surface area contributed by atoms with Crippen molar-refractivity contribution < 1.29 is 22.4 Å². The van der Waals surface area contributed by atoms with Gasteiger partial charge in [-0.1, -0.05) is 42.5 Å². The third-order valence-corrected chi connectivity index (χ3v) is 6.52. The van der Waals surface area contributed by atoms with Gasteiger partial charge in [0.05, 0.1) is 12.1 Å². The quantitative estimate of drug-likeness (QED) is 0.665. The first-order valence-electron chi connectivity index (χ1n) is 9.68. The average molecular weight is 434 g/mol. The SMILES string of the molecule is C[C@H](NS(=O)(=O)c1ccccc1F)C(=O)NC(CN1CCCC1=O)c1ccccc1. The third kappa shape index (κ3) is 5.22. The molecule has 1 unspecified atom stereocenters. The van der Waals surface area contributed by atoms with Crippen LogP contribution >= 0.6 is 0 Å². The average Bonchev–Trinajstić information content (AvgIpc) is 3.12. The monoisotopic (exact) mass is 433 g/mol. The van der Waals surface area contributed by atoms with Crippen molar-refractivity contribution >= 4 is 21.8 Å². The summed E-state index contributed by atoms with van der Waals surface area (Å²) >= 11 is 0. The van der Waals surface area contributed by atoms with E-state index in [1.54, 1.807) is 4.90 Å². The zero-order valence-corrected chi connectivity index (χ0v) is 17.4. The molecule has 1 saturated heterocycles. The molecule has 1 aliphatic rings. The standard InChI is InChI=1S/C21H24FN3O4S/c1-15(24-30(28,29)19-11-6-5-10-17(19)22)21(27)23-18(16-8-3-2-4-9-16)14-25-13-7-12-20(25)26/h2-6,8-11,15,18,24H,7,12-14H2,1H3,(H,23,27)/t15-,18?/m0/s1. The first-order valence-corrected chi connectivity index (χ1v) is 11.2. The fraction of sp³-hybridized carbons (Fsp3) is 0.333. The zero-order chi connectivity index (χ0) is 21.7. The fourth-order valence-corrected chi connectivity index (χ4v) is 4.63. The van der Waals surface area contributed by atoms with Gasteiger partial charge in [0, 0.05) is 19.5 Å². The van der Waals surface area contributed by atoms with Gasteiger partial charge in [0.25, 0.3) is 0 Å². The number of nitrogens with one attached hydrogen (secondary N) is 2. The van der Waals surface area contributed by atoms with Gasteiger partial charge in [0.2, 0.25) is 21.8 Å². The maximum absolute atomic E-state index is 13.9. The van der Waals surface area contributed by atoms with Gasteiger partial charge in [-0.15, -0.1) is 0 Å². The van der Waals surface area contributed by atoms with E-state index < -0.39 is 38.7 Å². The Labute approximate surface area is 175 Å². The Kier molecular flexibility index (Phi) is 6.84. The van der Waals surface area contributed by atoms with Crippen LogP contribution in [0.5, 0.6) is 0 Å². The molecular formula is C21H24FN3O4S. The lowest BCUT2D eigenvalue weighted by atomic mass is 10.1. The van der Waals surface area contributed by atoms with E-state index in [0.29, 0.717) is 19.5 Å². The van der Waals surface area contributed by atoms with Crippen LogP contribution in [0.15, 0.2) is 59.5 Å². The predicted molar refractivity (Wildman–Crippen MR) is 109 cm³/mol. The number of amides is 2. The topological polar surface area (TPSA) is 95.6 Å². The van der Waals surface area contributed by atoms with Gasteiger partial charge < -0.3 is 10.2 Å². The molecule has 2 aromatic carbocycles. The van der Waals surface area contributed by atoms with Gasteiger partial charge in [-0.3, -0.25) is 9.59 Å². The second kappa shape index (κ2) is 9.36. The molecule has 1 aliphatic heterocycles. The highest BCUT2D eigenvalue weighted by atomic mass is 32.2. The minimum absolute atomic E-state index is 0.0264. The highest BCUT2D eigenvalue weighted by Gasteiger charge is 2.29. The second-order valence-corrected chi connectivity index (χ2v) is 8.87. The minimum Gasteiger partial charge on any atom is -0.346 e. The molecule has 2 aromatic rings. The molecule has 30 heavy (non-hydrogen) atoms. The Morgan fingerprint density at radius 2 is 1.80 bits per heavy atom. The van der Waals surface area contributed by atoms with Gasteiger partial charge in [-0.25, -0.2) is 12.8 Å². The van der Waals surface area contributed by atoms with E-state index >= 15 is 0 Å². The molecule has 160 valence electrons. The Morgan fingerprint density at radius 3 is 2.43 bits per heavy atom. The van der Waals surface area contributed by atoms with Crippen molar-refractivity contribution in [2.75, 3.05) is 13.1 Å². The highest BCUT2D eigenvalue weighted by Crippen LogP contribution is 2.19. The summed E-state index contributed by atoms with van der Waals surface area (Å²) < 4.78 is 41.0. The molecule has 0 radical (unpaired) electrons. The number of carbonyl (C=O) groups excluding carboxylic acids is 2. The van der Waals surface area contributed by atoms with Crippen molar-refractivity contribution in [1.82, 2.24) is 14.9 Å². The largest absolute Gasteiger partial charge is 0.346 e. The van der Waals surface area contributed by atoms with E-state index in [4.69, 9.17) is 0 Å². The number of sulfonamides is 1. The Hall–Kier alpha value is -2.78. The molecule has 2 amide bonds. The van der Waals surface area contributed by atoms with Crippen LogP contribution in [0.25, 0.3) is 0 Å². The zero-order valence-electron chi connectivity index (χ0n) is 16.5. The normalized spacial score (nSPS) is 16.3. The molecule has 7 nitrogen and oxygen atoms in total. The molecule has 1 fully saturated rings. The van der Waals surface area contributed by atoms with E-state index in [2.05, 4.69) is 10.0 Å². The van der Waals surface area contributed by atoms with Crippen LogP contribution in [-0.4, -0.2) is 44.3 Å². The van der Waals surface area contributed by atoms with Crippen LogP contribution in [0.4, 0.5) is 4.39 Å². The van der Waals surface area contributed by atoms with E-state index in [9.17, 15) is 22.4 Å². The molecule has 2 atom stereocenters. The summed E-state index contributed by atoms with van der Waals surface area (Å²) in [6.45, 7) is 2.30. The molecule has 0 bridgehead atoms. The van der Waals surface area contributed by atoms with Gasteiger partial charge in [-0.05, 0) is 31.0 Å². The molecule has 0 aliphatic carbocycles. The summed E-state index contributed by atoms with van der Waals surface area (Å²) in [5.41, 5.74) is 0.801. The summed E-state index contributed by atoms with van der Waals surface area (Å²) in [6.07, 6.45) is 1.25. The van der Waals surface area contributed by atoms with Crippen molar-refractivity contribution in [3.63, 3.8) is 0 Å². The number of likely N-dealkylation sites (tertiary alicyclic amines) is 1. The van der Waals surface area contributed by atoms with Crippen molar-refractivity contribution in [2.45, 2.75) is 36.7 Å². The van der Waals surface area contributed by atoms with Crippen LogP contribution in [-0.2, 0) is 19.6 Å². The lowest BCUT2D eigenvalue weighted by Crippen LogP contribution is -2.48. The van der Waals surface area contributed by atoms with Crippen LogP contribution in [0, 0.1) is 5.82 Å². The number of nitrogens with zero attached hydrogens (tertiary/aromatic N) is 1. The molecule has 2 N–H and O–H groups in total. The predicted octanol–water partition coefficient (Wildman–Crippen LogP) is 1.97. The van der Waals surface area contributed by atoms with E-state index in [1.807, 2.05) is 30.3 Å². The van der Waals surface area contributed by atoms with Crippen molar-refractivity contribution in [3.05, 3.63) is 66.0 Å². The molecule has 1 heterocycles. The first-order chi connectivity index (χ1) is 14.3. The van der Waals surface area contributed by atoms with Crippen molar-refractivity contribution in [3.8, 4) is 0 Å². The van der Waals surface area contributed by atoms with Crippen molar-refractivity contribution in [2.24, 2.45) is 0 Å². The second-order valence-electron chi connectivity index (χ2n) is 7.19.